The van der Waals surface area contributed by atoms with Gasteiger partial charge in [0.15, 0.2) is 5.11 Å². The summed E-state index contributed by atoms with van der Waals surface area (Å²) in [7, 11) is 0. The summed E-state index contributed by atoms with van der Waals surface area (Å²) in [5.41, 5.74) is -0.269. The monoisotopic (exact) mass is 401 g/mol. The van der Waals surface area contributed by atoms with Crippen LogP contribution in [0, 0.1) is 5.92 Å². The van der Waals surface area contributed by atoms with Crippen molar-refractivity contribution in [3.05, 3.63) is 60.2 Å². The van der Waals surface area contributed by atoms with Crippen molar-refractivity contribution >= 4 is 29.3 Å². The Balaban J connectivity index is 1.87. The van der Waals surface area contributed by atoms with Gasteiger partial charge in [0, 0.05) is 30.4 Å². The van der Waals surface area contributed by atoms with Gasteiger partial charge in [-0.1, -0.05) is 18.2 Å². The van der Waals surface area contributed by atoms with Crippen LogP contribution in [0.15, 0.2) is 48.9 Å². The molecule has 28 heavy (non-hydrogen) atoms. The standard InChI is InChI=1S/C18H19N5O4S/c24-10-13-9-23(17(26)27)11-18(13,14-8-19-6-7-20-14)22-16(28)21-15(25)12-4-2-1-3-5-12/h1-8,13,24H,9-11H2,(H,26,27)(H2,21,22,25,28). The van der Waals surface area contributed by atoms with Crippen molar-refractivity contribution in [1.82, 2.24) is 25.5 Å². The van der Waals surface area contributed by atoms with E-state index in [0.29, 0.717) is 11.3 Å². The number of hydrogen-bond acceptors (Lipinski definition) is 6. The van der Waals surface area contributed by atoms with E-state index in [1.807, 2.05) is 0 Å². The van der Waals surface area contributed by atoms with Crippen molar-refractivity contribution in [3.8, 4) is 0 Å². The molecule has 4 N–H and O–H groups in total. The van der Waals surface area contributed by atoms with Crippen molar-refractivity contribution in [3.63, 3.8) is 0 Å². The lowest BCUT2D eigenvalue weighted by Gasteiger charge is -2.34. The summed E-state index contributed by atoms with van der Waals surface area (Å²) in [4.78, 5) is 33.4. The first-order chi connectivity index (χ1) is 13.5. The van der Waals surface area contributed by atoms with Gasteiger partial charge in [-0.2, -0.15) is 0 Å². The SMILES string of the molecule is O=C(NC(=S)NC1(c2cnccn2)CN(C(=O)O)CC1CO)c1ccccc1. The maximum absolute atomic E-state index is 12.4. The zero-order valence-corrected chi connectivity index (χ0v) is 15.6. The Bertz CT molecular complexity index is 867. The normalized spacial score (nSPS) is 21.2. The minimum Gasteiger partial charge on any atom is -0.465 e. The molecule has 2 amide bonds. The van der Waals surface area contributed by atoms with E-state index in [4.69, 9.17) is 12.2 Å². The van der Waals surface area contributed by atoms with Crippen molar-refractivity contribution in [2.45, 2.75) is 5.54 Å². The molecule has 0 aliphatic carbocycles. The number of nitrogens with one attached hydrogen (secondary N) is 2. The fraction of sp³-hybridized carbons (Fsp3) is 0.278. The number of likely N-dealkylation sites (tertiary alicyclic amines) is 1. The molecule has 1 aromatic heterocycles. The predicted molar refractivity (Wildman–Crippen MR) is 104 cm³/mol. The third kappa shape index (κ3) is 3.92. The lowest BCUT2D eigenvalue weighted by atomic mass is 9.84. The van der Waals surface area contributed by atoms with Gasteiger partial charge in [-0.3, -0.25) is 20.1 Å². The molecule has 2 unspecified atom stereocenters. The maximum Gasteiger partial charge on any atom is 0.407 e. The highest BCUT2D eigenvalue weighted by molar-refractivity contribution is 7.80. The first kappa shape index (κ1) is 19.6. The second kappa shape index (κ2) is 8.28. The first-order valence-corrected chi connectivity index (χ1v) is 8.91. The molecule has 1 aromatic carbocycles. The number of aliphatic hydroxyl groups excluding tert-OH is 1. The number of thiocarbonyl (C=S) groups is 1. The maximum atomic E-state index is 12.4. The average molecular weight is 401 g/mol. The van der Waals surface area contributed by atoms with Gasteiger partial charge in [0.1, 0.15) is 5.54 Å². The number of amides is 2. The highest BCUT2D eigenvalue weighted by Crippen LogP contribution is 2.35. The van der Waals surface area contributed by atoms with Crippen LogP contribution >= 0.6 is 12.2 Å². The number of rotatable bonds is 4. The fourth-order valence-corrected chi connectivity index (χ4v) is 3.57. The number of aliphatic hydroxyl groups is 1. The number of benzene rings is 1. The number of carboxylic acid groups (broad SMARTS) is 1. The van der Waals surface area contributed by atoms with E-state index in [0.717, 1.165) is 0 Å². The van der Waals surface area contributed by atoms with Gasteiger partial charge >= 0.3 is 6.09 Å². The van der Waals surface area contributed by atoms with Gasteiger partial charge in [0.2, 0.25) is 0 Å². The Morgan fingerprint density at radius 2 is 2.04 bits per heavy atom. The number of nitrogens with zero attached hydrogens (tertiary/aromatic N) is 3. The van der Waals surface area contributed by atoms with Gasteiger partial charge in [-0.25, -0.2) is 4.79 Å². The van der Waals surface area contributed by atoms with E-state index in [9.17, 15) is 19.8 Å². The van der Waals surface area contributed by atoms with Crippen LogP contribution in [0.2, 0.25) is 0 Å². The molecule has 0 saturated carbocycles. The molecule has 1 saturated heterocycles. The second-order valence-electron chi connectivity index (χ2n) is 6.38. The van der Waals surface area contributed by atoms with E-state index >= 15 is 0 Å². The molecule has 2 atom stereocenters. The number of hydrogen-bond donors (Lipinski definition) is 4. The topological polar surface area (TPSA) is 128 Å². The molecule has 10 heteroatoms. The van der Waals surface area contributed by atoms with Gasteiger partial charge in [-0.05, 0) is 24.4 Å². The molecule has 2 heterocycles. The van der Waals surface area contributed by atoms with Crippen LogP contribution in [-0.2, 0) is 5.54 Å². The third-order valence-corrected chi connectivity index (χ3v) is 4.89. The van der Waals surface area contributed by atoms with E-state index in [1.165, 1.54) is 23.5 Å². The van der Waals surface area contributed by atoms with Crippen molar-refractivity contribution < 1.29 is 19.8 Å². The summed E-state index contributed by atoms with van der Waals surface area (Å²) < 4.78 is 0. The molecule has 1 fully saturated rings. The largest absolute Gasteiger partial charge is 0.465 e. The summed E-state index contributed by atoms with van der Waals surface area (Å²) in [6.07, 6.45) is 3.33. The zero-order valence-electron chi connectivity index (χ0n) is 14.8. The molecule has 1 aliphatic heterocycles. The lowest BCUT2D eigenvalue weighted by Crippen LogP contribution is -2.56. The van der Waals surface area contributed by atoms with Gasteiger partial charge in [0.25, 0.3) is 5.91 Å². The van der Waals surface area contributed by atoms with Crippen molar-refractivity contribution in [2.75, 3.05) is 19.7 Å². The minimum atomic E-state index is -1.12. The molecule has 0 spiro atoms. The minimum absolute atomic E-state index is 0.00481. The average Bonchev–Trinajstić information content (AvgIpc) is 3.09. The van der Waals surface area contributed by atoms with Crippen LogP contribution in [0.1, 0.15) is 16.1 Å². The Kier molecular flexibility index (Phi) is 5.81. The highest BCUT2D eigenvalue weighted by Gasteiger charge is 2.51. The Morgan fingerprint density at radius 3 is 2.64 bits per heavy atom. The smallest absolute Gasteiger partial charge is 0.407 e. The van der Waals surface area contributed by atoms with Crippen LogP contribution in [0.4, 0.5) is 4.79 Å². The molecule has 9 nitrogen and oxygen atoms in total. The molecule has 1 aliphatic rings. The summed E-state index contributed by atoms with van der Waals surface area (Å²) >= 11 is 5.31. The Morgan fingerprint density at radius 1 is 1.29 bits per heavy atom. The molecule has 3 rings (SSSR count). The Hall–Kier alpha value is -3.11. The molecule has 2 aromatic rings. The highest BCUT2D eigenvalue weighted by atomic mass is 32.1. The molecular formula is C18H19N5O4S. The number of carbonyl (C=O) groups is 2. The quantitative estimate of drug-likeness (QED) is 0.548. The van der Waals surface area contributed by atoms with Crippen molar-refractivity contribution in [2.24, 2.45) is 5.92 Å². The Labute approximate surface area is 166 Å². The van der Waals surface area contributed by atoms with Crippen LogP contribution in [0.5, 0.6) is 0 Å². The lowest BCUT2D eigenvalue weighted by molar-refractivity contribution is 0.0974. The molecule has 0 bridgehead atoms. The summed E-state index contributed by atoms with van der Waals surface area (Å²) in [5, 5.41) is 24.9. The van der Waals surface area contributed by atoms with Crippen LogP contribution < -0.4 is 10.6 Å². The summed E-state index contributed by atoms with van der Waals surface area (Å²) in [6.45, 7) is -0.221. The second-order valence-corrected chi connectivity index (χ2v) is 6.79. The van der Waals surface area contributed by atoms with E-state index < -0.39 is 23.5 Å². The first-order valence-electron chi connectivity index (χ1n) is 8.50. The third-order valence-electron chi connectivity index (χ3n) is 4.69. The van der Waals surface area contributed by atoms with E-state index in [2.05, 4.69) is 20.6 Å². The molecule has 0 radical (unpaired) electrons. The molecule has 146 valence electrons. The fourth-order valence-electron chi connectivity index (χ4n) is 3.30. The summed E-state index contributed by atoms with van der Waals surface area (Å²) in [5.74, 6) is -0.937. The van der Waals surface area contributed by atoms with E-state index in [-0.39, 0.29) is 24.8 Å². The summed E-state index contributed by atoms with van der Waals surface area (Å²) in [6, 6.07) is 8.55. The number of aromatic nitrogens is 2. The van der Waals surface area contributed by atoms with Gasteiger partial charge in [-0.15, -0.1) is 0 Å². The van der Waals surface area contributed by atoms with E-state index in [1.54, 1.807) is 30.3 Å². The number of carbonyl (C=O) groups excluding carboxylic acids is 1. The van der Waals surface area contributed by atoms with Crippen molar-refractivity contribution in [1.29, 1.82) is 0 Å². The predicted octanol–water partition coefficient (Wildman–Crippen LogP) is 0.578. The molecular weight excluding hydrogens is 382 g/mol. The zero-order chi connectivity index (χ0) is 20.1. The van der Waals surface area contributed by atoms with Gasteiger partial charge < -0.3 is 20.4 Å². The van der Waals surface area contributed by atoms with Crippen LogP contribution in [0.3, 0.4) is 0 Å². The van der Waals surface area contributed by atoms with Gasteiger partial charge in [0.05, 0.1) is 25.0 Å². The van der Waals surface area contributed by atoms with Crippen LogP contribution in [0.25, 0.3) is 0 Å². The van der Waals surface area contributed by atoms with Crippen LogP contribution in [-0.4, -0.2) is 61.9 Å².